The molecule has 1 heterocycles. The summed E-state index contributed by atoms with van der Waals surface area (Å²) in [6.07, 6.45) is -5.06. The highest BCUT2D eigenvalue weighted by Gasteiger charge is 2.38. The molecule has 6 heteroatoms. The molecule has 3 nitrogen and oxygen atoms in total. The SMILES string of the molecule is CC(Oc1cc(CO)ccn1)C(F)(F)F. The molecule has 1 atom stereocenters. The van der Waals surface area contributed by atoms with Crippen molar-refractivity contribution in [3.8, 4) is 5.88 Å². The Bertz CT molecular complexity index is 327. The van der Waals surface area contributed by atoms with Crippen LogP contribution in [0.15, 0.2) is 18.3 Å². The van der Waals surface area contributed by atoms with Crippen LogP contribution in [-0.2, 0) is 6.61 Å². The fraction of sp³-hybridized carbons (Fsp3) is 0.444. The van der Waals surface area contributed by atoms with Crippen LogP contribution in [0.3, 0.4) is 0 Å². The van der Waals surface area contributed by atoms with Crippen LogP contribution in [0.5, 0.6) is 5.88 Å². The van der Waals surface area contributed by atoms with E-state index in [4.69, 9.17) is 5.11 Å². The Morgan fingerprint density at radius 1 is 1.53 bits per heavy atom. The number of hydrogen-bond donors (Lipinski definition) is 1. The summed E-state index contributed by atoms with van der Waals surface area (Å²) in [6.45, 7) is 0.632. The molecule has 1 aromatic heterocycles. The average Bonchev–Trinajstić information content (AvgIpc) is 2.16. The van der Waals surface area contributed by atoms with Gasteiger partial charge < -0.3 is 9.84 Å². The summed E-state index contributed by atoms with van der Waals surface area (Å²) >= 11 is 0. The lowest BCUT2D eigenvalue weighted by atomic mass is 10.3. The molecular weight excluding hydrogens is 211 g/mol. The van der Waals surface area contributed by atoms with Gasteiger partial charge in [0.05, 0.1) is 6.61 Å². The summed E-state index contributed by atoms with van der Waals surface area (Å²) in [5.41, 5.74) is 0.453. The Morgan fingerprint density at radius 3 is 2.73 bits per heavy atom. The summed E-state index contributed by atoms with van der Waals surface area (Å²) in [6, 6.07) is 2.76. The van der Waals surface area contributed by atoms with Crippen molar-refractivity contribution in [2.45, 2.75) is 25.8 Å². The first kappa shape index (κ1) is 11.8. The minimum atomic E-state index is -4.42. The van der Waals surface area contributed by atoms with E-state index in [2.05, 4.69) is 9.72 Å². The molecule has 1 unspecified atom stereocenters. The Balaban J connectivity index is 2.72. The normalized spacial score (nSPS) is 13.7. The number of alkyl halides is 3. The number of halogens is 3. The molecule has 0 aromatic carbocycles. The maximum absolute atomic E-state index is 12.1. The molecule has 15 heavy (non-hydrogen) atoms. The zero-order valence-corrected chi connectivity index (χ0v) is 7.95. The lowest BCUT2D eigenvalue weighted by Gasteiger charge is -2.16. The molecule has 0 bridgehead atoms. The average molecular weight is 221 g/mol. The summed E-state index contributed by atoms with van der Waals surface area (Å²) in [5.74, 6) is -0.147. The van der Waals surface area contributed by atoms with Gasteiger partial charge in [-0.25, -0.2) is 4.98 Å². The van der Waals surface area contributed by atoms with E-state index in [9.17, 15) is 13.2 Å². The van der Waals surface area contributed by atoms with Gasteiger partial charge >= 0.3 is 6.18 Å². The molecule has 0 aliphatic heterocycles. The topological polar surface area (TPSA) is 42.4 Å². The number of aliphatic hydroxyl groups is 1. The van der Waals surface area contributed by atoms with E-state index in [0.29, 0.717) is 5.56 Å². The van der Waals surface area contributed by atoms with Crippen molar-refractivity contribution in [1.29, 1.82) is 0 Å². The molecule has 1 rings (SSSR count). The summed E-state index contributed by atoms with van der Waals surface area (Å²) in [4.78, 5) is 3.61. The van der Waals surface area contributed by atoms with Crippen molar-refractivity contribution >= 4 is 0 Å². The number of hydrogen-bond acceptors (Lipinski definition) is 3. The van der Waals surface area contributed by atoms with E-state index in [-0.39, 0.29) is 12.5 Å². The number of rotatable bonds is 3. The van der Waals surface area contributed by atoms with Crippen LogP contribution in [-0.4, -0.2) is 22.4 Å². The Hall–Kier alpha value is -1.30. The van der Waals surface area contributed by atoms with Gasteiger partial charge in [-0.1, -0.05) is 0 Å². The number of aromatic nitrogens is 1. The lowest BCUT2D eigenvalue weighted by molar-refractivity contribution is -0.190. The molecular formula is C9H10F3NO2. The van der Waals surface area contributed by atoms with Gasteiger partial charge in [0.2, 0.25) is 5.88 Å². The van der Waals surface area contributed by atoms with Crippen LogP contribution in [0.4, 0.5) is 13.2 Å². The first-order valence-electron chi connectivity index (χ1n) is 4.22. The zero-order valence-electron chi connectivity index (χ0n) is 7.95. The van der Waals surface area contributed by atoms with Crippen LogP contribution >= 0.6 is 0 Å². The van der Waals surface area contributed by atoms with Crippen molar-refractivity contribution in [3.05, 3.63) is 23.9 Å². The van der Waals surface area contributed by atoms with Gasteiger partial charge in [-0.05, 0) is 18.6 Å². The van der Waals surface area contributed by atoms with E-state index < -0.39 is 12.3 Å². The number of nitrogens with zero attached hydrogens (tertiary/aromatic N) is 1. The highest BCUT2D eigenvalue weighted by Crippen LogP contribution is 2.24. The standard InChI is InChI=1S/C9H10F3NO2/c1-6(9(10,11)12)15-8-4-7(5-14)2-3-13-8/h2-4,6,14H,5H2,1H3. The maximum atomic E-state index is 12.1. The fourth-order valence-electron chi connectivity index (χ4n) is 0.861. The van der Waals surface area contributed by atoms with Gasteiger partial charge in [-0.15, -0.1) is 0 Å². The van der Waals surface area contributed by atoms with Crippen LogP contribution in [0.2, 0.25) is 0 Å². The Labute approximate surface area is 84.5 Å². The summed E-state index contributed by atoms with van der Waals surface area (Å²) < 4.78 is 40.9. The van der Waals surface area contributed by atoms with Crippen molar-refractivity contribution in [2.75, 3.05) is 0 Å². The van der Waals surface area contributed by atoms with Crippen LogP contribution in [0.1, 0.15) is 12.5 Å². The monoisotopic (exact) mass is 221 g/mol. The molecule has 0 radical (unpaired) electrons. The third-order valence-corrected chi connectivity index (χ3v) is 1.74. The smallest absolute Gasteiger partial charge is 0.425 e. The highest BCUT2D eigenvalue weighted by molar-refractivity contribution is 5.19. The largest absolute Gasteiger partial charge is 0.465 e. The summed E-state index contributed by atoms with van der Waals surface area (Å²) in [7, 11) is 0. The van der Waals surface area contributed by atoms with Gasteiger partial charge in [0.25, 0.3) is 0 Å². The minimum Gasteiger partial charge on any atom is -0.465 e. The van der Waals surface area contributed by atoms with E-state index in [1.54, 1.807) is 0 Å². The van der Waals surface area contributed by atoms with Gasteiger partial charge in [-0.3, -0.25) is 0 Å². The predicted octanol–water partition coefficient (Wildman–Crippen LogP) is 1.90. The predicted molar refractivity (Wildman–Crippen MR) is 46.3 cm³/mol. The number of pyridine rings is 1. The molecule has 0 aliphatic rings. The number of aliphatic hydroxyl groups excluding tert-OH is 1. The molecule has 0 fully saturated rings. The zero-order chi connectivity index (χ0) is 11.5. The van der Waals surface area contributed by atoms with Crippen molar-refractivity contribution in [1.82, 2.24) is 4.98 Å². The first-order valence-corrected chi connectivity index (χ1v) is 4.22. The van der Waals surface area contributed by atoms with Crippen LogP contribution < -0.4 is 4.74 Å². The van der Waals surface area contributed by atoms with Gasteiger partial charge in [-0.2, -0.15) is 13.2 Å². The van der Waals surface area contributed by atoms with Crippen LogP contribution in [0, 0.1) is 0 Å². The third-order valence-electron chi connectivity index (χ3n) is 1.74. The molecule has 1 N–H and O–H groups in total. The first-order chi connectivity index (χ1) is 6.93. The Kier molecular flexibility index (Phi) is 3.52. The van der Waals surface area contributed by atoms with E-state index in [1.807, 2.05) is 0 Å². The molecule has 0 saturated carbocycles. The van der Waals surface area contributed by atoms with Gasteiger partial charge in [0.15, 0.2) is 6.10 Å². The fourth-order valence-corrected chi connectivity index (χ4v) is 0.861. The molecule has 0 spiro atoms. The second-order valence-electron chi connectivity index (χ2n) is 2.96. The maximum Gasteiger partial charge on any atom is 0.425 e. The van der Waals surface area contributed by atoms with E-state index in [0.717, 1.165) is 6.92 Å². The third kappa shape index (κ3) is 3.39. The molecule has 84 valence electrons. The number of ether oxygens (including phenoxy) is 1. The van der Waals surface area contributed by atoms with Crippen molar-refractivity contribution < 1.29 is 23.0 Å². The minimum absolute atomic E-state index is 0.147. The van der Waals surface area contributed by atoms with Crippen LogP contribution in [0.25, 0.3) is 0 Å². The second kappa shape index (κ2) is 4.48. The van der Waals surface area contributed by atoms with Crippen molar-refractivity contribution in [2.24, 2.45) is 0 Å². The Morgan fingerprint density at radius 2 is 2.20 bits per heavy atom. The molecule has 0 saturated heterocycles. The molecule has 0 amide bonds. The van der Waals surface area contributed by atoms with Gasteiger partial charge in [0, 0.05) is 12.3 Å². The van der Waals surface area contributed by atoms with Gasteiger partial charge in [0.1, 0.15) is 0 Å². The van der Waals surface area contributed by atoms with E-state index in [1.165, 1.54) is 18.3 Å². The highest BCUT2D eigenvalue weighted by atomic mass is 19.4. The lowest BCUT2D eigenvalue weighted by Crippen LogP contribution is -2.31. The quantitative estimate of drug-likeness (QED) is 0.847. The van der Waals surface area contributed by atoms with E-state index >= 15 is 0 Å². The summed E-state index contributed by atoms with van der Waals surface area (Å²) in [5, 5.41) is 8.75. The molecule has 1 aromatic rings. The van der Waals surface area contributed by atoms with Crippen molar-refractivity contribution in [3.63, 3.8) is 0 Å². The molecule has 0 aliphatic carbocycles. The second-order valence-corrected chi connectivity index (χ2v) is 2.96.